The highest BCUT2D eigenvalue weighted by Crippen LogP contribution is 2.21. The maximum Gasteiger partial charge on any atom is 0.319 e. The zero-order valence-electron chi connectivity index (χ0n) is 13.3. The van der Waals surface area contributed by atoms with E-state index in [1.54, 1.807) is 12.4 Å². The van der Waals surface area contributed by atoms with E-state index in [2.05, 4.69) is 22.5 Å². The Morgan fingerprint density at radius 1 is 1.09 bits per heavy atom. The Bertz CT molecular complexity index is 592. The van der Waals surface area contributed by atoms with E-state index in [9.17, 15) is 4.79 Å². The summed E-state index contributed by atoms with van der Waals surface area (Å²) in [4.78, 5) is 16.0. The summed E-state index contributed by atoms with van der Waals surface area (Å²) >= 11 is 0. The standard InChI is InChI=1S/C18H25N3O/c1-2-3-4-5-6-7-12-20-18(22)21-17-10-8-9-15-14-19-13-11-16(15)17/h8-11,13-14H,2-7,12H2,1H3,(H2,20,21,22). The molecule has 0 spiro atoms. The minimum absolute atomic E-state index is 0.141. The summed E-state index contributed by atoms with van der Waals surface area (Å²) in [5.74, 6) is 0. The summed E-state index contributed by atoms with van der Waals surface area (Å²) in [5, 5.41) is 7.87. The van der Waals surface area contributed by atoms with Crippen LogP contribution >= 0.6 is 0 Å². The van der Waals surface area contributed by atoms with Crippen LogP contribution in [0.15, 0.2) is 36.7 Å². The van der Waals surface area contributed by atoms with Crippen molar-refractivity contribution in [3.8, 4) is 0 Å². The van der Waals surface area contributed by atoms with Gasteiger partial charge in [0.1, 0.15) is 0 Å². The number of urea groups is 1. The van der Waals surface area contributed by atoms with Crippen molar-refractivity contribution >= 4 is 22.5 Å². The van der Waals surface area contributed by atoms with E-state index in [4.69, 9.17) is 0 Å². The zero-order valence-corrected chi connectivity index (χ0v) is 13.3. The first-order valence-corrected chi connectivity index (χ1v) is 8.19. The van der Waals surface area contributed by atoms with Crippen molar-refractivity contribution in [3.63, 3.8) is 0 Å². The van der Waals surface area contributed by atoms with Crippen molar-refractivity contribution in [2.24, 2.45) is 0 Å². The van der Waals surface area contributed by atoms with Gasteiger partial charge in [0.2, 0.25) is 0 Å². The van der Waals surface area contributed by atoms with Crippen molar-refractivity contribution in [3.05, 3.63) is 36.7 Å². The number of rotatable bonds is 8. The number of nitrogens with zero attached hydrogens (tertiary/aromatic N) is 1. The van der Waals surface area contributed by atoms with Crippen LogP contribution < -0.4 is 10.6 Å². The van der Waals surface area contributed by atoms with Gasteiger partial charge in [-0.1, -0.05) is 51.2 Å². The summed E-state index contributed by atoms with van der Waals surface area (Å²) in [6.07, 6.45) is 10.9. The molecule has 4 heteroatoms. The van der Waals surface area contributed by atoms with Crippen LogP contribution in [-0.4, -0.2) is 17.6 Å². The number of nitrogens with one attached hydrogen (secondary N) is 2. The van der Waals surface area contributed by atoms with E-state index >= 15 is 0 Å². The maximum atomic E-state index is 12.0. The highest BCUT2D eigenvalue weighted by atomic mass is 16.2. The molecule has 0 saturated carbocycles. The molecule has 0 aliphatic rings. The Labute approximate surface area is 132 Å². The van der Waals surface area contributed by atoms with E-state index in [1.807, 2.05) is 24.3 Å². The van der Waals surface area contributed by atoms with E-state index in [-0.39, 0.29) is 6.03 Å². The van der Waals surface area contributed by atoms with E-state index in [0.29, 0.717) is 0 Å². The summed E-state index contributed by atoms with van der Waals surface area (Å²) < 4.78 is 0. The van der Waals surface area contributed by atoms with Gasteiger partial charge in [-0.05, 0) is 18.6 Å². The lowest BCUT2D eigenvalue weighted by Gasteiger charge is -2.10. The normalized spacial score (nSPS) is 10.6. The summed E-state index contributed by atoms with van der Waals surface area (Å²) in [7, 11) is 0. The first-order chi connectivity index (χ1) is 10.8. The molecule has 0 fully saturated rings. The number of aromatic nitrogens is 1. The molecule has 0 bridgehead atoms. The molecule has 2 rings (SSSR count). The lowest BCUT2D eigenvalue weighted by atomic mass is 10.1. The molecule has 1 aromatic carbocycles. The highest BCUT2D eigenvalue weighted by Gasteiger charge is 2.04. The van der Waals surface area contributed by atoms with E-state index < -0.39 is 0 Å². The zero-order chi connectivity index (χ0) is 15.6. The number of carbonyl (C=O) groups is 1. The minimum atomic E-state index is -0.141. The smallest absolute Gasteiger partial charge is 0.319 e. The van der Waals surface area contributed by atoms with Gasteiger partial charge in [-0.15, -0.1) is 0 Å². The quantitative estimate of drug-likeness (QED) is 0.693. The predicted molar refractivity (Wildman–Crippen MR) is 92.1 cm³/mol. The van der Waals surface area contributed by atoms with Gasteiger partial charge in [0.15, 0.2) is 0 Å². The fraction of sp³-hybridized carbons (Fsp3) is 0.444. The van der Waals surface area contributed by atoms with Gasteiger partial charge in [0, 0.05) is 29.7 Å². The van der Waals surface area contributed by atoms with Crippen LogP contribution in [0, 0.1) is 0 Å². The molecule has 118 valence electrons. The SMILES string of the molecule is CCCCCCCCNC(=O)Nc1cccc2cnccc12. The molecule has 2 N–H and O–H groups in total. The van der Waals surface area contributed by atoms with Gasteiger partial charge >= 0.3 is 6.03 Å². The third kappa shape index (κ3) is 5.02. The highest BCUT2D eigenvalue weighted by molar-refractivity contribution is 6.01. The molecule has 2 aromatic rings. The van der Waals surface area contributed by atoms with Crippen molar-refractivity contribution in [1.82, 2.24) is 10.3 Å². The van der Waals surface area contributed by atoms with Crippen LogP contribution in [0.1, 0.15) is 45.4 Å². The van der Waals surface area contributed by atoms with Crippen LogP contribution in [-0.2, 0) is 0 Å². The molecule has 1 aromatic heterocycles. The summed E-state index contributed by atoms with van der Waals surface area (Å²) in [5.41, 5.74) is 0.820. The number of unbranched alkanes of at least 4 members (excludes halogenated alkanes) is 5. The molecule has 1 heterocycles. The van der Waals surface area contributed by atoms with Crippen molar-refractivity contribution in [2.75, 3.05) is 11.9 Å². The van der Waals surface area contributed by atoms with Gasteiger partial charge in [0.25, 0.3) is 0 Å². The number of hydrogen-bond donors (Lipinski definition) is 2. The number of pyridine rings is 1. The molecule has 0 aliphatic heterocycles. The van der Waals surface area contributed by atoms with Gasteiger partial charge in [-0.25, -0.2) is 4.79 Å². The number of fused-ring (bicyclic) bond motifs is 1. The predicted octanol–water partition coefficient (Wildman–Crippen LogP) is 4.72. The Balaban J connectivity index is 1.75. The first-order valence-electron chi connectivity index (χ1n) is 8.19. The van der Waals surface area contributed by atoms with Gasteiger partial charge in [-0.2, -0.15) is 0 Å². The van der Waals surface area contributed by atoms with E-state index in [0.717, 1.165) is 29.4 Å². The molecule has 2 amide bonds. The van der Waals surface area contributed by atoms with Crippen LogP contribution in [0.5, 0.6) is 0 Å². The van der Waals surface area contributed by atoms with Crippen LogP contribution in [0.2, 0.25) is 0 Å². The van der Waals surface area contributed by atoms with E-state index in [1.165, 1.54) is 32.1 Å². The monoisotopic (exact) mass is 299 g/mol. The van der Waals surface area contributed by atoms with Crippen molar-refractivity contribution < 1.29 is 4.79 Å². The molecule has 0 radical (unpaired) electrons. The third-order valence-corrected chi connectivity index (χ3v) is 3.74. The second-order valence-corrected chi connectivity index (χ2v) is 5.55. The van der Waals surface area contributed by atoms with Crippen molar-refractivity contribution in [2.45, 2.75) is 45.4 Å². The fourth-order valence-electron chi connectivity index (χ4n) is 2.51. The minimum Gasteiger partial charge on any atom is -0.338 e. The lowest BCUT2D eigenvalue weighted by molar-refractivity contribution is 0.252. The van der Waals surface area contributed by atoms with Crippen LogP contribution in [0.4, 0.5) is 10.5 Å². The van der Waals surface area contributed by atoms with Crippen molar-refractivity contribution in [1.29, 1.82) is 0 Å². The number of benzene rings is 1. The Hall–Kier alpha value is -2.10. The molecule has 4 nitrogen and oxygen atoms in total. The second-order valence-electron chi connectivity index (χ2n) is 5.55. The fourth-order valence-corrected chi connectivity index (χ4v) is 2.51. The molecule has 0 atom stereocenters. The molecular formula is C18H25N3O. The molecule has 0 saturated heterocycles. The molecular weight excluding hydrogens is 274 g/mol. The molecule has 0 aliphatic carbocycles. The van der Waals surface area contributed by atoms with Crippen LogP contribution in [0.25, 0.3) is 10.8 Å². The number of carbonyl (C=O) groups excluding carboxylic acids is 1. The second kappa shape index (κ2) is 9.03. The number of amides is 2. The third-order valence-electron chi connectivity index (χ3n) is 3.74. The van der Waals surface area contributed by atoms with Gasteiger partial charge in [0.05, 0.1) is 5.69 Å². The Morgan fingerprint density at radius 2 is 1.91 bits per heavy atom. The lowest BCUT2D eigenvalue weighted by Crippen LogP contribution is -2.29. The average Bonchev–Trinajstić information content (AvgIpc) is 2.54. The maximum absolute atomic E-state index is 12.0. The van der Waals surface area contributed by atoms with Gasteiger partial charge < -0.3 is 10.6 Å². The topological polar surface area (TPSA) is 54.0 Å². The number of anilines is 1. The Morgan fingerprint density at radius 3 is 2.77 bits per heavy atom. The summed E-state index contributed by atoms with van der Waals surface area (Å²) in [6.45, 7) is 2.94. The molecule has 22 heavy (non-hydrogen) atoms. The number of hydrogen-bond acceptors (Lipinski definition) is 2. The van der Waals surface area contributed by atoms with Gasteiger partial charge in [-0.3, -0.25) is 4.98 Å². The first kappa shape index (κ1) is 16.3. The molecule has 0 unspecified atom stereocenters. The largest absolute Gasteiger partial charge is 0.338 e. The van der Waals surface area contributed by atoms with Crippen LogP contribution in [0.3, 0.4) is 0 Å². The average molecular weight is 299 g/mol. The Kier molecular flexibility index (Phi) is 6.68. The summed E-state index contributed by atoms with van der Waals surface area (Å²) in [6, 6.07) is 7.60.